The number of benzene rings is 2. The van der Waals surface area contributed by atoms with Crippen LogP contribution in [0.25, 0.3) is 0 Å². The lowest BCUT2D eigenvalue weighted by Crippen LogP contribution is -2.37. The van der Waals surface area contributed by atoms with Crippen molar-refractivity contribution in [3.63, 3.8) is 0 Å². The summed E-state index contributed by atoms with van der Waals surface area (Å²) in [5.74, 6) is 0.586. The smallest absolute Gasteiger partial charge is 0.232 e. The van der Waals surface area contributed by atoms with Crippen LogP contribution in [-0.4, -0.2) is 18.0 Å². The molecule has 1 aromatic heterocycles. The number of carbonyl (C=O) groups is 1. The van der Waals surface area contributed by atoms with Gasteiger partial charge in [0.15, 0.2) is 5.13 Å². The van der Waals surface area contributed by atoms with Gasteiger partial charge in [-0.3, -0.25) is 4.79 Å². The molecule has 5 heteroatoms. The molecule has 0 aliphatic heterocycles. The predicted molar refractivity (Wildman–Crippen MR) is 106 cm³/mol. The number of thiazole rings is 1. The summed E-state index contributed by atoms with van der Waals surface area (Å²) < 4.78 is 5.39. The van der Waals surface area contributed by atoms with Crippen LogP contribution in [0.4, 0.5) is 5.13 Å². The van der Waals surface area contributed by atoms with Gasteiger partial charge >= 0.3 is 0 Å². The summed E-state index contributed by atoms with van der Waals surface area (Å²) in [5, 5.41) is 5.41. The summed E-state index contributed by atoms with van der Waals surface area (Å²) in [6.07, 6.45) is 1.68. The molecule has 2 aromatic carbocycles. The maximum atomic E-state index is 13.1. The van der Waals surface area contributed by atoms with Gasteiger partial charge in [-0.1, -0.05) is 56.3 Å². The largest absolute Gasteiger partial charge is 0.497 e. The van der Waals surface area contributed by atoms with Crippen molar-refractivity contribution in [1.82, 2.24) is 4.98 Å². The Morgan fingerprint density at radius 1 is 1.12 bits per heavy atom. The van der Waals surface area contributed by atoms with Gasteiger partial charge in [0.05, 0.1) is 12.5 Å². The van der Waals surface area contributed by atoms with Gasteiger partial charge in [0, 0.05) is 17.5 Å². The number of aromatic nitrogens is 1. The molecule has 1 atom stereocenters. The van der Waals surface area contributed by atoms with Gasteiger partial charge in [-0.15, -0.1) is 11.3 Å². The highest BCUT2D eigenvalue weighted by Gasteiger charge is 2.39. The Morgan fingerprint density at radius 2 is 1.85 bits per heavy atom. The molecule has 26 heavy (non-hydrogen) atoms. The fourth-order valence-corrected chi connectivity index (χ4v) is 3.69. The van der Waals surface area contributed by atoms with Gasteiger partial charge < -0.3 is 10.1 Å². The second kappa shape index (κ2) is 7.70. The zero-order chi connectivity index (χ0) is 18.6. The van der Waals surface area contributed by atoms with E-state index in [0.717, 1.165) is 16.9 Å². The van der Waals surface area contributed by atoms with Crippen molar-refractivity contribution in [1.29, 1.82) is 0 Å². The monoisotopic (exact) mass is 366 g/mol. The number of ether oxygens (including phenoxy) is 1. The molecule has 4 nitrogen and oxygen atoms in total. The second-order valence-corrected chi connectivity index (χ2v) is 7.53. The fourth-order valence-electron chi connectivity index (χ4n) is 3.17. The molecule has 3 aromatic rings. The number of carbonyl (C=O) groups excluding carboxylic acids is 1. The normalized spacial score (nSPS) is 12.4. The van der Waals surface area contributed by atoms with E-state index in [0.29, 0.717) is 5.13 Å². The third-order valence-electron chi connectivity index (χ3n) is 4.52. The van der Waals surface area contributed by atoms with Crippen molar-refractivity contribution in [3.05, 3.63) is 77.3 Å². The maximum absolute atomic E-state index is 13.1. The van der Waals surface area contributed by atoms with Crippen molar-refractivity contribution < 1.29 is 9.53 Å². The number of hydrogen-bond donors (Lipinski definition) is 1. The third-order valence-corrected chi connectivity index (χ3v) is 5.21. The molecule has 0 aliphatic rings. The Kier molecular flexibility index (Phi) is 5.38. The van der Waals surface area contributed by atoms with Crippen LogP contribution in [0.15, 0.2) is 66.2 Å². The number of anilines is 1. The van der Waals surface area contributed by atoms with Gasteiger partial charge in [0.25, 0.3) is 0 Å². The topological polar surface area (TPSA) is 51.2 Å². The number of methoxy groups -OCH3 is 1. The number of amides is 1. The van der Waals surface area contributed by atoms with Gasteiger partial charge in [-0.2, -0.15) is 0 Å². The quantitative estimate of drug-likeness (QED) is 0.672. The number of rotatable bonds is 6. The number of hydrogen-bond acceptors (Lipinski definition) is 4. The minimum absolute atomic E-state index is 0.0656. The third kappa shape index (κ3) is 3.78. The van der Waals surface area contributed by atoms with Crippen molar-refractivity contribution in [2.45, 2.75) is 19.8 Å². The molecule has 134 valence electrons. The Labute approximate surface area is 157 Å². The molecule has 1 N–H and O–H groups in total. The zero-order valence-electron chi connectivity index (χ0n) is 15.1. The SMILES string of the molecule is COc1cccc(C(c2ccccc2)C(C)(C)C(=O)Nc2nccs2)c1. The highest BCUT2D eigenvalue weighted by atomic mass is 32.1. The average molecular weight is 366 g/mol. The van der Waals surface area contributed by atoms with Crippen LogP contribution in [0.5, 0.6) is 5.75 Å². The Bertz CT molecular complexity index is 861. The summed E-state index contributed by atoms with van der Waals surface area (Å²) in [6, 6.07) is 18.0. The molecule has 0 fully saturated rings. The molecule has 1 heterocycles. The minimum atomic E-state index is -0.695. The van der Waals surface area contributed by atoms with Crippen LogP contribution in [0.2, 0.25) is 0 Å². The summed E-state index contributed by atoms with van der Waals surface area (Å²) in [7, 11) is 1.65. The standard InChI is InChI=1S/C21H22N2O2S/c1-21(2,19(24)23-20-22-12-13-26-20)18(15-8-5-4-6-9-15)16-10-7-11-17(14-16)25-3/h4-14,18H,1-3H3,(H,22,23,24). The van der Waals surface area contributed by atoms with E-state index < -0.39 is 5.41 Å². The lowest BCUT2D eigenvalue weighted by Gasteiger charge is -2.34. The molecular weight excluding hydrogens is 344 g/mol. The van der Waals surface area contributed by atoms with E-state index in [1.54, 1.807) is 13.3 Å². The first-order valence-corrected chi connectivity index (χ1v) is 9.30. The molecule has 3 rings (SSSR count). The first kappa shape index (κ1) is 18.1. The Hall–Kier alpha value is -2.66. The van der Waals surface area contributed by atoms with E-state index in [1.807, 2.05) is 61.7 Å². The van der Waals surface area contributed by atoms with Crippen LogP contribution in [0.3, 0.4) is 0 Å². The predicted octanol–water partition coefficient (Wildman–Crippen LogP) is 4.95. The molecule has 0 bridgehead atoms. The van der Waals surface area contributed by atoms with Gasteiger partial charge in [0.1, 0.15) is 5.75 Å². The number of nitrogens with one attached hydrogen (secondary N) is 1. The lowest BCUT2D eigenvalue weighted by atomic mass is 9.70. The number of nitrogens with zero attached hydrogens (tertiary/aromatic N) is 1. The summed E-state index contributed by atoms with van der Waals surface area (Å²) in [6.45, 7) is 3.93. The van der Waals surface area contributed by atoms with Crippen LogP contribution in [-0.2, 0) is 4.79 Å². The molecular formula is C21H22N2O2S. The molecule has 1 amide bonds. The molecule has 0 radical (unpaired) electrons. The molecule has 0 saturated heterocycles. The van der Waals surface area contributed by atoms with Gasteiger partial charge in [-0.25, -0.2) is 4.98 Å². The van der Waals surface area contributed by atoms with Crippen LogP contribution in [0, 0.1) is 5.41 Å². The van der Waals surface area contributed by atoms with Crippen LogP contribution in [0.1, 0.15) is 30.9 Å². The average Bonchev–Trinajstić information content (AvgIpc) is 3.16. The van der Waals surface area contributed by atoms with Crippen molar-refractivity contribution in [2.75, 3.05) is 12.4 Å². The van der Waals surface area contributed by atoms with E-state index in [4.69, 9.17) is 4.74 Å². The van der Waals surface area contributed by atoms with Gasteiger partial charge in [0.2, 0.25) is 5.91 Å². The molecule has 0 spiro atoms. The van der Waals surface area contributed by atoms with Crippen LogP contribution < -0.4 is 10.1 Å². The summed E-state index contributed by atoms with van der Waals surface area (Å²) in [5.41, 5.74) is 1.43. The molecule has 0 saturated carbocycles. The fraction of sp³-hybridized carbons (Fsp3) is 0.238. The van der Waals surface area contributed by atoms with Gasteiger partial charge in [-0.05, 0) is 23.3 Å². The Morgan fingerprint density at radius 3 is 2.50 bits per heavy atom. The lowest BCUT2D eigenvalue weighted by molar-refractivity contribution is -0.124. The first-order chi connectivity index (χ1) is 12.5. The summed E-state index contributed by atoms with van der Waals surface area (Å²) in [4.78, 5) is 17.3. The highest BCUT2D eigenvalue weighted by Crippen LogP contribution is 2.42. The molecule has 1 unspecified atom stereocenters. The summed E-state index contributed by atoms with van der Waals surface area (Å²) >= 11 is 1.41. The minimum Gasteiger partial charge on any atom is -0.497 e. The van der Waals surface area contributed by atoms with E-state index >= 15 is 0 Å². The zero-order valence-corrected chi connectivity index (χ0v) is 15.9. The van der Waals surface area contributed by atoms with Crippen molar-refractivity contribution >= 4 is 22.4 Å². The second-order valence-electron chi connectivity index (χ2n) is 6.63. The van der Waals surface area contributed by atoms with E-state index in [-0.39, 0.29) is 11.8 Å². The van der Waals surface area contributed by atoms with Crippen LogP contribution >= 0.6 is 11.3 Å². The van der Waals surface area contributed by atoms with E-state index in [1.165, 1.54) is 11.3 Å². The Balaban J connectivity index is 2.02. The van der Waals surface area contributed by atoms with Crippen molar-refractivity contribution in [3.8, 4) is 5.75 Å². The first-order valence-electron chi connectivity index (χ1n) is 8.42. The highest BCUT2D eigenvalue weighted by molar-refractivity contribution is 7.13. The maximum Gasteiger partial charge on any atom is 0.232 e. The molecule has 0 aliphatic carbocycles. The van der Waals surface area contributed by atoms with Crippen molar-refractivity contribution in [2.24, 2.45) is 5.41 Å². The van der Waals surface area contributed by atoms with E-state index in [9.17, 15) is 4.79 Å². The van der Waals surface area contributed by atoms with E-state index in [2.05, 4.69) is 22.4 Å².